The van der Waals surface area contributed by atoms with Crippen LogP contribution in [-0.2, 0) is 14.3 Å². The molecule has 1 aromatic rings. The average molecular weight is 398 g/mol. The Morgan fingerprint density at radius 3 is 2.83 bits per heavy atom. The van der Waals surface area contributed by atoms with E-state index in [1.807, 2.05) is 45.0 Å². The molecular formula is C24H31NO4. The Morgan fingerprint density at radius 2 is 2.14 bits per heavy atom. The molecule has 0 spiro atoms. The molecule has 1 saturated carbocycles. The molecule has 5 heteroatoms. The molecule has 1 aliphatic heterocycles. The third-order valence-electron chi connectivity index (χ3n) is 6.34. The summed E-state index contributed by atoms with van der Waals surface area (Å²) in [7, 11) is 1.41. The van der Waals surface area contributed by atoms with E-state index in [-0.39, 0.29) is 29.9 Å². The molecule has 4 atom stereocenters. The van der Waals surface area contributed by atoms with Crippen LogP contribution in [0.1, 0.15) is 57.1 Å². The second kappa shape index (κ2) is 8.90. The molecule has 29 heavy (non-hydrogen) atoms. The van der Waals surface area contributed by atoms with Crippen LogP contribution in [0, 0.1) is 30.6 Å². The topological polar surface area (TPSA) is 55.8 Å². The van der Waals surface area contributed by atoms with Gasteiger partial charge in [0, 0.05) is 24.1 Å². The van der Waals surface area contributed by atoms with Crippen LogP contribution in [0.15, 0.2) is 24.3 Å². The lowest BCUT2D eigenvalue weighted by molar-refractivity contribution is -0.167. The molecule has 5 nitrogen and oxygen atoms in total. The van der Waals surface area contributed by atoms with E-state index in [0.717, 1.165) is 36.8 Å². The maximum Gasteiger partial charge on any atom is 0.409 e. The molecule has 1 heterocycles. The van der Waals surface area contributed by atoms with Crippen molar-refractivity contribution in [3.8, 4) is 11.8 Å². The van der Waals surface area contributed by atoms with Gasteiger partial charge in [-0.15, -0.1) is 0 Å². The molecule has 0 radical (unpaired) electrons. The quantitative estimate of drug-likeness (QED) is 0.563. The fourth-order valence-electron chi connectivity index (χ4n) is 4.51. The zero-order chi connectivity index (χ0) is 21.0. The number of hydrogen-bond donors (Lipinski definition) is 0. The minimum atomic E-state index is -0.865. The lowest BCUT2D eigenvalue weighted by Crippen LogP contribution is -2.52. The molecule has 0 aromatic heterocycles. The Balaban J connectivity index is 1.97. The molecule has 1 saturated heterocycles. The lowest BCUT2D eigenvalue weighted by Gasteiger charge is -2.42. The van der Waals surface area contributed by atoms with E-state index in [0.29, 0.717) is 13.0 Å². The molecule has 1 amide bonds. The van der Waals surface area contributed by atoms with Crippen molar-refractivity contribution in [1.29, 1.82) is 0 Å². The number of carbonyl (C=O) groups excluding carboxylic acids is 2. The van der Waals surface area contributed by atoms with Crippen LogP contribution >= 0.6 is 0 Å². The number of likely N-dealkylation sites (tertiary alicyclic amines) is 1. The Morgan fingerprint density at radius 1 is 1.34 bits per heavy atom. The van der Waals surface area contributed by atoms with E-state index in [4.69, 9.17) is 9.47 Å². The van der Waals surface area contributed by atoms with Gasteiger partial charge in [-0.05, 0) is 62.6 Å². The van der Waals surface area contributed by atoms with Crippen molar-refractivity contribution in [3.63, 3.8) is 0 Å². The summed E-state index contributed by atoms with van der Waals surface area (Å²) in [5.74, 6) is 6.25. The van der Waals surface area contributed by atoms with Crippen molar-refractivity contribution in [2.75, 3.05) is 13.7 Å². The molecule has 0 unspecified atom stereocenters. The van der Waals surface area contributed by atoms with Gasteiger partial charge in [-0.25, -0.2) is 4.79 Å². The molecular weight excluding hydrogens is 366 g/mol. The third kappa shape index (κ3) is 4.42. The Hall–Kier alpha value is -2.48. The summed E-state index contributed by atoms with van der Waals surface area (Å²) in [6.45, 7) is 6.51. The second-order valence-corrected chi connectivity index (χ2v) is 8.26. The lowest BCUT2D eigenvalue weighted by atomic mass is 9.72. The van der Waals surface area contributed by atoms with Gasteiger partial charge in [0.25, 0.3) is 0 Å². The maximum absolute atomic E-state index is 12.8. The second-order valence-electron chi connectivity index (χ2n) is 8.26. The fourth-order valence-corrected chi connectivity index (χ4v) is 4.51. The van der Waals surface area contributed by atoms with E-state index in [1.165, 1.54) is 7.11 Å². The first-order chi connectivity index (χ1) is 13.9. The summed E-state index contributed by atoms with van der Waals surface area (Å²) in [6.07, 6.45) is 3.61. The largest absolute Gasteiger partial charge is 0.453 e. The van der Waals surface area contributed by atoms with Gasteiger partial charge in [-0.2, -0.15) is 0 Å². The first-order valence-electron chi connectivity index (χ1n) is 10.6. The predicted molar refractivity (Wildman–Crippen MR) is 111 cm³/mol. The highest BCUT2D eigenvalue weighted by Crippen LogP contribution is 2.45. The number of hydrogen-bond acceptors (Lipinski definition) is 4. The van der Waals surface area contributed by atoms with Crippen LogP contribution in [0.4, 0.5) is 4.79 Å². The molecule has 2 aliphatic rings. The minimum Gasteiger partial charge on any atom is -0.453 e. The smallest absolute Gasteiger partial charge is 0.409 e. The number of rotatable bonds is 3. The fraction of sp³-hybridized carbons (Fsp3) is 0.583. The molecule has 0 bridgehead atoms. The zero-order valence-corrected chi connectivity index (χ0v) is 17.9. The number of amides is 1. The first-order valence-corrected chi connectivity index (χ1v) is 10.6. The van der Waals surface area contributed by atoms with Crippen molar-refractivity contribution in [1.82, 2.24) is 4.90 Å². The van der Waals surface area contributed by atoms with Gasteiger partial charge in [0.2, 0.25) is 0 Å². The van der Waals surface area contributed by atoms with Crippen LogP contribution < -0.4 is 0 Å². The monoisotopic (exact) mass is 397 g/mol. The van der Waals surface area contributed by atoms with E-state index >= 15 is 0 Å². The molecule has 0 N–H and O–H groups in total. The average Bonchev–Trinajstić information content (AvgIpc) is 3.17. The Kier molecular flexibility index (Phi) is 6.52. The van der Waals surface area contributed by atoms with Gasteiger partial charge >= 0.3 is 12.1 Å². The van der Waals surface area contributed by atoms with Crippen molar-refractivity contribution >= 4 is 12.1 Å². The number of ether oxygens (including phenoxy) is 2. The molecule has 156 valence electrons. The van der Waals surface area contributed by atoms with Crippen molar-refractivity contribution in [2.45, 2.75) is 64.5 Å². The number of carbonyl (C=O) groups is 2. The van der Waals surface area contributed by atoms with Gasteiger partial charge in [-0.3, -0.25) is 4.79 Å². The Bertz CT molecular complexity index is 824. The van der Waals surface area contributed by atoms with Gasteiger partial charge in [0.05, 0.1) is 13.0 Å². The molecule has 1 aromatic carbocycles. The van der Waals surface area contributed by atoms with Gasteiger partial charge < -0.3 is 14.4 Å². The van der Waals surface area contributed by atoms with Gasteiger partial charge in [0.15, 0.2) is 5.60 Å². The number of methoxy groups -OCH3 is 1. The maximum atomic E-state index is 12.8. The zero-order valence-electron chi connectivity index (χ0n) is 17.9. The highest BCUT2D eigenvalue weighted by Gasteiger charge is 2.54. The number of benzene rings is 1. The number of nitrogens with zero attached hydrogens (tertiary/aromatic N) is 1. The molecule has 3 rings (SSSR count). The van der Waals surface area contributed by atoms with Gasteiger partial charge in [-0.1, -0.05) is 31.9 Å². The van der Waals surface area contributed by atoms with Crippen LogP contribution in [0.3, 0.4) is 0 Å². The highest BCUT2D eigenvalue weighted by molar-refractivity contribution is 5.73. The van der Waals surface area contributed by atoms with E-state index in [2.05, 4.69) is 11.8 Å². The SMILES string of the molecule is CC[C@@H](C)C(=O)O[C@@]1(C#Cc2cccc(C)c2)CCC[C@@H]2[C@H]1CCN2C(=O)OC. The molecule has 1 aliphatic carbocycles. The summed E-state index contributed by atoms with van der Waals surface area (Å²) >= 11 is 0. The summed E-state index contributed by atoms with van der Waals surface area (Å²) in [5, 5.41) is 0. The summed E-state index contributed by atoms with van der Waals surface area (Å²) in [5.41, 5.74) is 1.19. The minimum absolute atomic E-state index is 0.000616. The summed E-state index contributed by atoms with van der Waals surface area (Å²) < 4.78 is 11.1. The predicted octanol–water partition coefficient (Wildman–Crippen LogP) is 4.32. The van der Waals surface area contributed by atoms with Crippen LogP contribution in [0.2, 0.25) is 0 Å². The van der Waals surface area contributed by atoms with Crippen molar-refractivity contribution in [3.05, 3.63) is 35.4 Å². The van der Waals surface area contributed by atoms with Crippen molar-refractivity contribution in [2.24, 2.45) is 11.8 Å². The van der Waals surface area contributed by atoms with Crippen LogP contribution in [-0.4, -0.2) is 42.3 Å². The van der Waals surface area contributed by atoms with E-state index < -0.39 is 5.60 Å². The highest BCUT2D eigenvalue weighted by atomic mass is 16.6. The number of fused-ring (bicyclic) bond motifs is 1. The molecule has 2 fully saturated rings. The van der Waals surface area contributed by atoms with Gasteiger partial charge in [0.1, 0.15) is 0 Å². The Labute approximate surface area is 173 Å². The van der Waals surface area contributed by atoms with E-state index in [1.54, 1.807) is 4.90 Å². The number of aryl methyl sites for hydroxylation is 1. The number of esters is 1. The normalized spacial score (nSPS) is 26.7. The van der Waals surface area contributed by atoms with Crippen LogP contribution in [0.25, 0.3) is 0 Å². The van der Waals surface area contributed by atoms with Crippen LogP contribution in [0.5, 0.6) is 0 Å². The summed E-state index contributed by atoms with van der Waals surface area (Å²) in [4.78, 5) is 26.8. The van der Waals surface area contributed by atoms with E-state index in [9.17, 15) is 9.59 Å². The first kappa shape index (κ1) is 21.2. The standard InChI is InChI=1S/C24H31NO4/c1-5-18(3)22(26)29-24(14-11-19-9-6-8-17(2)16-19)13-7-10-21-20(24)12-15-25(21)23(27)28-4/h6,8-9,16,18,20-21H,5,7,10,12-13,15H2,1-4H3/t18-,20-,21-,24-/m1/s1. The summed E-state index contributed by atoms with van der Waals surface area (Å²) in [6, 6.07) is 8.02. The third-order valence-corrected chi connectivity index (χ3v) is 6.34. The van der Waals surface area contributed by atoms with Crippen molar-refractivity contribution < 1.29 is 19.1 Å².